The Morgan fingerprint density at radius 2 is 2.11 bits per heavy atom. The maximum Gasteiger partial charge on any atom is 0.134 e. The fourth-order valence-corrected chi connectivity index (χ4v) is 1.73. The van der Waals surface area contributed by atoms with E-state index in [-0.39, 0.29) is 0 Å². The summed E-state index contributed by atoms with van der Waals surface area (Å²) in [6.45, 7) is 2.82. The van der Waals surface area contributed by atoms with Crippen molar-refractivity contribution in [3.8, 4) is 0 Å². The minimum absolute atomic E-state index is 0.306. The molecular weight excluding hydrogens is 232 g/mol. The predicted octanol–water partition coefficient (Wildman–Crippen LogP) is 0.890. The van der Waals surface area contributed by atoms with Crippen LogP contribution < -0.4 is 10.6 Å². The molecule has 6 nitrogen and oxygen atoms in total. The number of ether oxygens (including phenoxy) is 1. The molecule has 1 aromatic rings. The molecule has 1 aromatic heterocycles. The highest BCUT2D eigenvalue weighted by molar-refractivity contribution is 5.57. The number of aliphatic hydroxyl groups is 1. The molecule has 0 saturated heterocycles. The Balaban J connectivity index is 2.74. The van der Waals surface area contributed by atoms with Gasteiger partial charge in [0.15, 0.2) is 0 Å². The number of aliphatic hydroxyl groups excluding tert-OH is 1. The molecule has 0 aliphatic heterocycles. The van der Waals surface area contributed by atoms with Crippen molar-refractivity contribution in [3.63, 3.8) is 0 Å². The second-order valence-electron chi connectivity index (χ2n) is 4.04. The number of hydrogen-bond donors (Lipinski definition) is 3. The second kappa shape index (κ2) is 7.84. The van der Waals surface area contributed by atoms with E-state index in [1.807, 2.05) is 7.05 Å². The Morgan fingerprint density at radius 1 is 1.39 bits per heavy atom. The number of methoxy groups -OCH3 is 1. The zero-order chi connectivity index (χ0) is 13.4. The van der Waals surface area contributed by atoms with Crippen molar-refractivity contribution in [3.05, 3.63) is 11.9 Å². The Hall–Kier alpha value is -1.40. The number of nitrogens with one attached hydrogen (secondary N) is 2. The monoisotopic (exact) mass is 254 g/mol. The number of rotatable bonds is 8. The van der Waals surface area contributed by atoms with Gasteiger partial charge in [0.25, 0.3) is 0 Å². The number of nitrogens with zero attached hydrogens (tertiary/aromatic N) is 2. The van der Waals surface area contributed by atoms with Crippen molar-refractivity contribution in [2.75, 3.05) is 37.9 Å². The van der Waals surface area contributed by atoms with E-state index in [1.54, 1.807) is 7.11 Å². The lowest BCUT2D eigenvalue weighted by Crippen LogP contribution is -2.25. The molecule has 1 unspecified atom stereocenters. The fourth-order valence-electron chi connectivity index (χ4n) is 1.73. The van der Waals surface area contributed by atoms with Crippen LogP contribution in [0.2, 0.25) is 0 Å². The molecular formula is C12H22N4O2. The SMILES string of the molecule is CCCc1c(NC)ncnc1NCC(O)COC. The lowest BCUT2D eigenvalue weighted by atomic mass is 10.1. The summed E-state index contributed by atoms with van der Waals surface area (Å²) >= 11 is 0. The van der Waals surface area contributed by atoms with Gasteiger partial charge in [-0.15, -0.1) is 0 Å². The van der Waals surface area contributed by atoms with Gasteiger partial charge >= 0.3 is 0 Å². The van der Waals surface area contributed by atoms with Crippen LogP contribution in [0.3, 0.4) is 0 Å². The topological polar surface area (TPSA) is 79.3 Å². The van der Waals surface area contributed by atoms with E-state index in [9.17, 15) is 5.11 Å². The molecule has 1 atom stereocenters. The van der Waals surface area contributed by atoms with Crippen molar-refractivity contribution < 1.29 is 9.84 Å². The Labute approximate surface area is 108 Å². The minimum Gasteiger partial charge on any atom is -0.389 e. The van der Waals surface area contributed by atoms with Crippen LogP contribution in [0.1, 0.15) is 18.9 Å². The highest BCUT2D eigenvalue weighted by Gasteiger charge is 2.11. The standard InChI is InChI=1S/C12H22N4O2/c1-4-5-10-11(13-2)15-8-16-12(10)14-6-9(17)7-18-3/h8-9,17H,4-7H2,1-3H3,(H2,13,14,15,16). The van der Waals surface area contributed by atoms with Gasteiger partial charge in [0.2, 0.25) is 0 Å². The van der Waals surface area contributed by atoms with Crippen molar-refractivity contribution in [1.82, 2.24) is 9.97 Å². The third kappa shape index (κ3) is 4.12. The van der Waals surface area contributed by atoms with Crippen molar-refractivity contribution in [2.24, 2.45) is 0 Å². The van der Waals surface area contributed by atoms with Gasteiger partial charge in [-0.25, -0.2) is 9.97 Å². The summed E-state index contributed by atoms with van der Waals surface area (Å²) in [5.41, 5.74) is 1.05. The smallest absolute Gasteiger partial charge is 0.134 e. The fraction of sp³-hybridized carbons (Fsp3) is 0.667. The molecule has 0 bridgehead atoms. The first-order valence-electron chi connectivity index (χ1n) is 6.15. The summed E-state index contributed by atoms with van der Waals surface area (Å²) in [7, 11) is 3.40. The predicted molar refractivity (Wildman–Crippen MR) is 71.9 cm³/mol. The third-order valence-corrected chi connectivity index (χ3v) is 2.55. The molecule has 0 radical (unpaired) electrons. The maximum atomic E-state index is 9.61. The van der Waals surface area contributed by atoms with E-state index in [2.05, 4.69) is 27.5 Å². The van der Waals surface area contributed by atoms with Crippen LogP contribution in [0.15, 0.2) is 6.33 Å². The van der Waals surface area contributed by atoms with Gasteiger partial charge in [0.1, 0.15) is 18.0 Å². The lowest BCUT2D eigenvalue weighted by Gasteiger charge is -2.15. The highest BCUT2D eigenvalue weighted by atomic mass is 16.5. The van der Waals surface area contributed by atoms with Crippen LogP contribution in [-0.4, -0.2) is 48.5 Å². The molecule has 0 aliphatic rings. The van der Waals surface area contributed by atoms with Crippen LogP contribution in [0.5, 0.6) is 0 Å². The Kier molecular flexibility index (Phi) is 6.38. The van der Waals surface area contributed by atoms with Gasteiger partial charge in [0, 0.05) is 26.3 Å². The van der Waals surface area contributed by atoms with Gasteiger partial charge in [-0.3, -0.25) is 0 Å². The minimum atomic E-state index is -0.544. The molecule has 3 N–H and O–H groups in total. The average Bonchev–Trinajstić information content (AvgIpc) is 2.38. The van der Waals surface area contributed by atoms with E-state index >= 15 is 0 Å². The third-order valence-electron chi connectivity index (χ3n) is 2.55. The molecule has 0 amide bonds. The molecule has 1 rings (SSSR count). The molecule has 0 aromatic carbocycles. The van der Waals surface area contributed by atoms with Gasteiger partial charge in [-0.1, -0.05) is 13.3 Å². The van der Waals surface area contributed by atoms with Crippen LogP contribution in [0.4, 0.5) is 11.6 Å². The molecule has 0 fully saturated rings. The summed E-state index contributed by atoms with van der Waals surface area (Å²) in [5, 5.41) is 15.8. The van der Waals surface area contributed by atoms with Gasteiger partial charge in [-0.05, 0) is 6.42 Å². The summed E-state index contributed by atoms with van der Waals surface area (Å²) in [4.78, 5) is 8.41. The van der Waals surface area contributed by atoms with Gasteiger partial charge < -0.3 is 20.5 Å². The van der Waals surface area contributed by atoms with Crippen LogP contribution in [0.25, 0.3) is 0 Å². The summed E-state index contributed by atoms with van der Waals surface area (Å²) < 4.78 is 4.88. The average molecular weight is 254 g/mol. The molecule has 102 valence electrons. The molecule has 0 spiro atoms. The Morgan fingerprint density at radius 3 is 2.72 bits per heavy atom. The Bertz CT molecular complexity index is 360. The molecule has 0 saturated carbocycles. The first-order chi connectivity index (χ1) is 8.72. The quantitative estimate of drug-likeness (QED) is 0.639. The van der Waals surface area contributed by atoms with Crippen LogP contribution in [0, 0.1) is 0 Å². The highest BCUT2D eigenvalue weighted by Crippen LogP contribution is 2.20. The van der Waals surface area contributed by atoms with E-state index in [0.717, 1.165) is 30.0 Å². The first-order valence-corrected chi connectivity index (χ1v) is 6.15. The first kappa shape index (κ1) is 14.7. The molecule has 18 heavy (non-hydrogen) atoms. The second-order valence-corrected chi connectivity index (χ2v) is 4.04. The van der Waals surface area contributed by atoms with Gasteiger partial charge in [-0.2, -0.15) is 0 Å². The lowest BCUT2D eigenvalue weighted by molar-refractivity contribution is 0.0727. The molecule has 0 aliphatic carbocycles. The summed E-state index contributed by atoms with van der Waals surface area (Å²) in [6, 6.07) is 0. The zero-order valence-electron chi connectivity index (χ0n) is 11.2. The van der Waals surface area contributed by atoms with Crippen LogP contribution in [-0.2, 0) is 11.2 Å². The zero-order valence-corrected chi connectivity index (χ0v) is 11.2. The van der Waals surface area contributed by atoms with Crippen molar-refractivity contribution in [2.45, 2.75) is 25.9 Å². The molecule has 1 heterocycles. The maximum absolute atomic E-state index is 9.61. The number of anilines is 2. The molecule has 6 heteroatoms. The number of hydrogen-bond acceptors (Lipinski definition) is 6. The summed E-state index contributed by atoms with van der Waals surface area (Å²) in [5.74, 6) is 1.60. The largest absolute Gasteiger partial charge is 0.389 e. The van der Waals surface area contributed by atoms with Crippen molar-refractivity contribution >= 4 is 11.6 Å². The van der Waals surface area contributed by atoms with E-state index in [4.69, 9.17) is 4.74 Å². The van der Waals surface area contributed by atoms with E-state index in [0.29, 0.717) is 13.2 Å². The summed E-state index contributed by atoms with van der Waals surface area (Å²) in [6.07, 6.45) is 2.87. The normalized spacial score (nSPS) is 12.2. The van der Waals surface area contributed by atoms with E-state index < -0.39 is 6.10 Å². The number of aromatic nitrogens is 2. The van der Waals surface area contributed by atoms with E-state index in [1.165, 1.54) is 6.33 Å². The van der Waals surface area contributed by atoms with Crippen LogP contribution >= 0.6 is 0 Å². The van der Waals surface area contributed by atoms with Crippen molar-refractivity contribution in [1.29, 1.82) is 0 Å². The van der Waals surface area contributed by atoms with Gasteiger partial charge in [0.05, 0.1) is 12.7 Å².